The second kappa shape index (κ2) is 8.56. The summed E-state index contributed by atoms with van der Waals surface area (Å²) in [6.07, 6.45) is 3.24. The average molecular weight is 416 g/mol. The molecule has 0 amide bonds. The number of ether oxygens (including phenoxy) is 2. The van der Waals surface area contributed by atoms with Crippen molar-refractivity contribution in [2.24, 2.45) is 0 Å². The normalized spacial score (nSPS) is 20.8. The number of hydrogen-bond donors (Lipinski definition) is 1. The maximum absolute atomic E-state index is 9.40. The van der Waals surface area contributed by atoms with E-state index >= 15 is 0 Å². The first-order valence-electron chi connectivity index (χ1n) is 10.5. The van der Waals surface area contributed by atoms with Crippen molar-refractivity contribution in [1.29, 1.82) is 5.26 Å². The van der Waals surface area contributed by atoms with E-state index in [4.69, 9.17) is 13.9 Å². The van der Waals surface area contributed by atoms with Gasteiger partial charge in [0.15, 0.2) is 6.29 Å². The van der Waals surface area contributed by atoms with E-state index < -0.39 is 6.29 Å². The van der Waals surface area contributed by atoms with Gasteiger partial charge in [-0.2, -0.15) is 5.26 Å². The van der Waals surface area contributed by atoms with Crippen LogP contribution in [0.25, 0.3) is 0 Å². The Morgan fingerprint density at radius 3 is 2.48 bits per heavy atom. The van der Waals surface area contributed by atoms with E-state index in [9.17, 15) is 10.4 Å². The van der Waals surface area contributed by atoms with E-state index in [0.29, 0.717) is 13.0 Å². The minimum Gasteiger partial charge on any atom is -0.489 e. The molecule has 31 heavy (non-hydrogen) atoms. The maximum atomic E-state index is 9.40. The van der Waals surface area contributed by atoms with Gasteiger partial charge in [-0.3, -0.25) is 4.90 Å². The van der Waals surface area contributed by atoms with Gasteiger partial charge in [-0.05, 0) is 35.2 Å². The van der Waals surface area contributed by atoms with Gasteiger partial charge >= 0.3 is 0 Å². The van der Waals surface area contributed by atoms with Crippen LogP contribution in [0.4, 0.5) is 0 Å². The molecular formula is C25H24N2O4. The molecule has 1 N–H and O–H groups in total. The number of rotatable bonds is 8. The number of hydrogen-bond acceptors (Lipinski definition) is 6. The van der Waals surface area contributed by atoms with E-state index in [2.05, 4.69) is 35.2 Å². The summed E-state index contributed by atoms with van der Waals surface area (Å²) in [5.41, 5.74) is 5.85. The number of aliphatic hydroxyl groups excluding tert-OH is 1. The molecule has 0 bridgehead atoms. The molecule has 2 aromatic carbocycles. The van der Waals surface area contributed by atoms with Crippen molar-refractivity contribution in [1.82, 2.24) is 4.90 Å². The molecule has 6 heteroatoms. The smallest absolute Gasteiger partial charge is 0.181 e. The first-order chi connectivity index (χ1) is 15.2. The zero-order valence-corrected chi connectivity index (χ0v) is 17.1. The van der Waals surface area contributed by atoms with Crippen LogP contribution < -0.4 is 4.74 Å². The van der Waals surface area contributed by atoms with Gasteiger partial charge in [0.05, 0.1) is 24.5 Å². The molecule has 0 aliphatic carbocycles. The van der Waals surface area contributed by atoms with Gasteiger partial charge in [0, 0.05) is 30.8 Å². The zero-order valence-electron chi connectivity index (χ0n) is 17.1. The number of fused-ring (bicyclic) bond motifs is 1. The molecule has 1 saturated heterocycles. The van der Waals surface area contributed by atoms with Crippen LogP contribution in [0.2, 0.25) is 0 Å². The summed E-state index contributed by atoms with van der Waals surface area (Å²) in [5.74, 6) is 0.468. The quantitative estimate of drug-likeness (QED) is 0.557. The van der Waals surface area contributed by atoms with Crippen molar-refractivity contribution >= 4 is 0 Å². The van der Waals surface area contributed by atoms with Gasteiger partial charge in [0.25, 0.3) is 0 Å². The fraction of sp³-hybridized carbons (Fsp3) is 0.320. The SMILES string of the molecule is N#CC(CC1OC1O)c1ccc(OCc2cccc(CN3Cc4cocc4C3)c2)cc1. The van der Waals surface area contributed by atoms with Crippen LogP contribution in [-0.4, -0.2) is 22.4 Å². The van der Waals surface area contributed by atoms with Crippen LogP contribution in [0.1, 0.15) is 40.2 Å². The van der Waals surface area contributed by atoms with Gasteiger partial charge in [-0.15, -0.1) is 0 Å². The van der Waals surface area contributed by atoms with Crippen molar-refractivity contribution in [3.05, 3.63) is 88.9 Å². The molecular weight excluding hydrogens is 392 g/mol. The van der Waals surface area contributed by atoms with Gasteiger partial charge in [0.1, 0.15) is 18.5 Å². The van der Waals surface area contributed by atoms with Gasteiger partial charge in [-0.25, -0.2) is 0 Å². The van der Waals surface area contributed by atoms with Crippen LogP contribution in [0.3, 0.4) is 0 Å². The Bertz CT molecular complexity index is 1060. The summed E-state index contributed by atoms with van der Waals surface area (Å²) in [6, 6.07) is 18.4. The summed E-state index contributed by atoms with van der Waals surface area (Å²) in [7, 11) is 0. The molecule has 1 fully saturated rings. The molecule has 0 spiro atoms. The Kier molecular flexibility index (Phi) is 5.47. The molecule has 2 aliphatic rings. The average Bonchev–Trinajstić information content (AvgIpc) is 3.12. The molecule has 158 valence electrons. The lowest BCUT2D eigenvalue weighted by Crippen LogP contribution is -2.16. The van der Waals surface area contributed by atoms with Crippen molar-refractivity contribution < 1.29 is 19.0 Å². The third kappa shape index (κ3) is 4.64. The lowest BCUT2D eigenvalue weighted by molar-refractivity contribution is 0.156. The van der Waals surface area contributed by atoms with Gasteiger partial charge < -0.3 is 19.0 Å². The lowest BCUT2D eigenvalue weighted by Gasteiger charge is -2.16. The number of epoxide rings is 1. The standard InChI is InChI=1S/C25H24N2O4/c26-10-20(9-24-25(28)31-24)19-4-6-23(7-5-19)30-14-18-3-1-2-17(8-18)11-27-12-21-15-29-16-22(21)13-27/h1-8,15-16,20,24-25,28H,9,11-14H2. The second-order valence-electron chi connectivity index (χ2n) is 8.23. The van der Waals surface area contributed by atoms with Crippen molar-refractivity contribution in [2.75, 3.05) is 0 Å². The highest BCUT2D eigenvalue weighted by Crippen LogP contribution is 2.32. The van der Waals surface area contributed by atoms with E-state index in [0.717, 1.165) is 36.5 Å². The third-order valence-electron chi connectivity index (χ3n) is 5.89. The molecule has 1 aromatic heterocycles. The maximum Gasteiger partial charge on any atom is 0.181 e. The number of furan rings is 1. The fourth-order valence-electron chi connectivity index (χ4n) is 4.12. The molecule has 0 saturated carbocycles. The van der Waals surface area contributed by atoms with Crippen LogP contribution in [0.5, 0.6) is 5.75 Å². The summed E-state index contributed by atoms with van der Waals surface area (Å²) < 4.78 is 16.2. The summed E-state index contributed by atoms with van der Waals surface area (Å²) in [5, 5.41) is 18.7. The highest BCUT2D eigenvalue weighted by atomic mass is 16.7. The first kappa shape index (κ1) is 19.8. The molecule has 3 unspecified atom stereocenters. The lowest BCUT2D eigenvalue weighted by atomic mass is 9.95. The Labute approximate surface area is 181 Å². The predicted octanol–water partition coefficient (Wildman–Crippen LogP) is 4.09. The van der Waals surface area contributed by atoms with Gasteiger partial charge in [-0.1, -0.05) is 36.4 Å². The van der Waals surface area contributed by atoms with E-state index in [-0.39, 0.29) is 12.0 Å². The Hall–Kier alpha value is -3.11. The van der Waals surface area contributed by atoms with Crippen LogP contribution in [-0.2, 0) is 31.0 Å². The van der Waals surface area contributed by atoms with E-state index in [1.807, 2.05) is 36.8 Å². The second-order valence-corrected chi connectivity index (χ2v) is 8.23. The fourth-order valence-corrected chi connectivity index (χ4v) is 4.12. The Morgan fingerprint density at radius 1 is 1.10 bits per heavy atom. The molecule has 3 aromatic rings. The molecule has 5 rings (SSSR count). The minimum atomic E-state index is -0.720. The van der Waals surface area contributed by atoms with E-state index in [1.54, 1.807) is 0 Å². The van der Waals surface area contributed by atoms with Crippen molar-refractivity contribution in [3.63, 3.8) is 0 Å². The van der Waals surface area contributed by atoms with E-state index in [1.165, 1.54) is 16.7 Å². The molecule has 0 radical (unpaired) electrons. The zero-order chi connectivity index (χ0) is 21.2. The highest BCUT2D eigenvalue weighted by molar-refractivity contribution is 5.33. The van der Waals surface area contributed by atoms with Crippen LogP contribution in [0.15, 0.2) is 65.5 Å². The van der Waals surface area contributed by atoms with Crippen molar-refractivity contribution in [2.45, 2.75) is 51.0 Å². The monoisotopic (exact) mass is 416 g/mol. The van der Waals surface area contributed by atoms with Crippen LogP contribution >= 0.6 is 0 Å². The number of benzene rings is 2. The number of aliphatic hydroxyl groups is 1. The predicted molar refractivity (Wildman–Crippen MR) is 113 cm³/mol. The third-order valence-corrected chi connectivity index (χ3v) is 5.89. The van der Waals surface area contributed by atoms with Crippen LogP contribution in [0, 0.1) is 11.3 Å². The molecule has 3 atom stereocenters. The summed E-state index contributed by atoms with van der Waals surface area (Å²) in [6.45, 7) is 3.23. The Balaban J connectivity index is 1.15. The first-order valence-corrected chi connectivity index (χ1v) is 10.5. The molecule has 6 nitrogen and oxygen atoms in total. The minimum absolute atomic E-state index is 0.227. The summed E-state index contributed by atoms with van der Waals surface area (Å²) >= 11 is 0. The topological polar surface area (TPSA) is 82.2 Å². The van der Waals surface area contributed by atoms with Crippen molar-refractivity contribution in [3.8, 4) is 11.8 Å². The molecule has 3 heterocycles. The highest BCUT2D eigenvalue weighted by Gasteiger charge is 2.39. The Morgan fingerprint density at radius 2 is 1.81 bits per heavy atom. The largest absolute Gasteiger partial charge is 0.489 e. The number of nitriles is 1. The molecule has 2 aliphatic heterocycles. The number of nitrogens with zero attached hydrogens (tertiary/aromatic N) is 2. The van der Waals surface area contributed by atoms with Gasteiger partial charge in [0.2, 0.25) is 0 Å². The summed E-state index contributed by atoms with van der Waals surface area (Å²) in [4.78, 5) is 2.40.